The third kappa shape index (κ3) is 8.28. The largest absolute Gasteiger partial charge is 0.493 e. The van der Waals surface area contributed by atoms with Crippen LogP contribution in [0.5, 0.6) is 5.75 Å². The molecule has 0 amide bonds. The van der Waals surface area contributed by atoms with Gasteiger partial charge in [-0.3, -0.25) is 4.99 Å². The Hall–Kier alpha value is -2.33. The van der Waals surface area contributed by atoms with E-state index in [9.17, 15) is 13.2 Å². The van der Waals surface area contributed by atoms with E-state index in [1.165, 1.54) is 0 Å². The monoisotopic (exact) mass is 430 g/mol. The molecule has 6 nitrogen and oxygen atoms in total. The van der Waals surface area contributed by atoms with E-state index < -0.39 is 11.9 Å². The maximum absolute atomic E-state index is 12.6. The van der Waals surface area contributed by atoms with Crippen LogP contribution >= 0.6 is 11.3 Å². The highest BCUT2D eigenvalue weighted by Gasteiger charge is 2.33. The highest BCUT2D eigenvalue weighted by molar-refractivity contribution is 7.09. The molecule has 0 spiro atoms. The highest BCUT2D eigenvalue weighted by Crippen LogP contribution is 2.30. The number of aliphatic imine (C=N–C) groups is 1. The van der Waals surface area contributed by atoms with Crippen molar-refractivity contribution in [2.45, 2.75) is 25.9 Å². The SMILES string of the molecule is CCNC(=NCCc1nc(C(F)(F)F)cs1)Nc1cccc(OCCCOC)c1. The Kier molecular flexibility index (Phi) is 9.20. The molecule has 0 bridgehead atoms. The molecule has 10 heteroatoms. The van der Waals surface area contributed by atoms with E-state index in [4.69, 9.17) is 9.47 Å². The van der Waals surface area contributed by atoms with E-state index in [1.807, 2.05) is 31.2 Å². The average Bonchev–Trinajstić information content (AvgIpc) is 3.15. The number of nitrogens with zero attached hydrogens (tertiary/aromatic N) is 2. The summed E-state index contributed by atoms with van der Waals surface area (Å²) in [7, 11) is 1.65. The number of hydrogen-bond donors (Lipinski definition) is 2. The van der Waals surface area contributed by atoms with Crippen LogP contribution in [-0.4, -0.2) is 44.4 Å². The molecule has 1 heterocycles. The number of thiazole rings is 1. The molecule has 2 aromatic rings. The lowest BCUT2D eigenvalue weighted by Crippen LogP contribution is -2.30. The zero-order chi connectivity index (χ0) is 21.1. The number of anilines is 1. The minimum absolute atomic E-state index is 0.313. The number of methoxy groups -OCH3 is 1. The van der Waals surface area contributed by atoms with Gasteiger partial charge in [0.05, 0.1) is 11.6 Å². The quantitative estimate of drug-likeness (QED) is 0.336. The summed E-state index contributed by atoms with van der Waals surface area (Å²) in [6, 6.07) is 7.47. The summed E-state index contributed by atoms with van der Waals surface area (Å²) in [5, 5.41) is 7.72. The van der Waals surface area contributed by atoms with Crippen molar-refractivity contribution in [3.05, 3.63) is 40.3 Å². The van der Waals surface area contributed by atoms with Crippen LogP contribution in [-0.2, 0) is 17.3 Å². The van der Waals surface area contributed by atoms with Gasteiger partial charge in [0.25, 0.3) is 0 Å². The first-order valence-corrected chi connectivity index (χ1v) is 10.1. The minimum Gasteiger partial charge on any atom is -0.493 e. The number of guanidine groups is 1. The molecule has 1 aromatic heterocycles. The second-order valence-electron chi connectivity index (χ2n) is 5.98. The van der Waals surface area contributed by atoms with Gasteiger partial charge in [-0.25, -0.2) is 4.98 Å². The lowest BCUT2D eigenvalue weighted by Gasteiger charge is -2.12. The first kappa shape index (κ1) is 23.0. The molecule has 0 fully saturated rings. The molecule has 0 aliphatic carbocycles. The second kappa shape index (κ2) is 11.6. The number of nitrogens with one attached hydrogen (secondary N) is 2. The number of rotatable bonds is 10. The van der Waals surface area contributed by atoms with Gasteiger partial charge in [0, 0.05) is 56.8 Å². The van der Waals surface area contributed by atoms with Crippen LogP contribution in [0.3, 0.4) is 0 Å². The van der Waals surface area contributed by atoms with Gasteiger partial charge >= 0.3 is 6.18 Å². The Balaban J connectivity index is 1.92. The number of alkyl halides is 3. The Morgan fingerprint density at radius 2 is 2.10 bits per heavy atom. The topological polar surface area (TPSA) is 67.8 Å². The molecular formula is C19H25F3N4O2S. The summed E-state index contributed by atoms with van der Waals surface area (Å²) in [5.74, 6) is 1.26. The number of ether oxygens (including phenoxy) is 2. The number of hydrogen-bond acceptors (Lipinski definition) is 5. The molecule has 29 heavy (non-hydrogen) atoms. The average molecular weight is 430 g/mol. The molecule has 0 radical (unpaired) electrons. The fourth-order valence-electron chi connectivity index (χ4n) is 2.32. The Morgan fingerprint density at radius 3 is 2.79 bits per heavy atom. The maximum atomic E-state index is 12.6. The summed E-state index contributed by atoms with van der Waals surface area (Å²) in [6.07, 6.45) is -3.28. The maximum Gasteiger partial charge on any atom is 0.434 e. The van der Waals surface area contributed by atoms with E-state index in [2.05, 4.69) is 20.6 Å². The molecule has 1 aromatic carbocycles. The van der Waals surface area contributed by atoms with E-state index >= 15 is 0 Å². The Bertz CT molecular complexity index is 781. The van der Waals surface area contributed by atoms with Crippen molar-refractivity contribution in [1.29, 1.82) is 0 Å². The van der Waals surface area contributed by atoms with E-state index in [0.717, 1.165) is 34.6 Å². The van der Waals surface area contributed by atoms with Gasteiger partial charge < -0.3 is 20.1 Å². The molecule has 0 aliphatic heterocycles. The van der Waals surface area contributed by atoms with Crippen molar-refractivity contribution < 1.29 is 22.6 Å². The predicted octanol–water partition coefficient (Wildman–Crippen LogP) is 4.20. The molecule has 2 rings (SSSR count). The summed E-state index contributed by atoms with van der Waals surface area (Å²) < 4.78 is 48.5. The van der Waals surface area contributed by atoms with Gasteiger partial charge in [-0.2, -0.15) is 13.2 Å². The fraction of sp³-hybridized carbons (Fsp3) is 0.474. The highest BCUT2D eigenvalue weighted by atomic mass is 32.1. The first-order valence-electron chi connectivity index (χ1n) is 9.21. The second-order valence-corrected chi connectivity index (χ2v) is 6.93. The van der Waals surface area contributed by atoms with Crippen LogP contribution in [0.15, 0.2) is 34.6 Å². The summed E-state index contributed by atoms with van der Waals surface area (Å²) in [4.78, 5) is 8.03. The van der Waals surface area contributed by atoms with Gasteiger partial charge in [0.1, 0.15) is 5.75 Å². The Labute approximate surface area is 172 Å². The number of benzene rings is 1. The van der Waals surface area contributed by atoms with Crippen molar-refractivity contribution in [2.75, 3.05) is 38.7 Å². The number of aromatic nitrogens is 1. The molecule has 0 saturated carbocycles. The summed E-state index contributed by atoms with van der Waals surface area (Å²) in [6.45, 7) is 4.09. The normalized spacial score (nSPS) is 12.1. The molecule has 0 saturated heterocycles. The lowest BCUT2D eigenvalue weighted by molar-refractivity contribution is -0.140. The van der Waals surface area contributed by atoms with Crippen LogP contribution in [0.1, 0.15) is 24.0 Å². The molecule has 0 aliphatic rings. The van der Waals surface area contributed by atoms with Crippen LogP contribution in [0, 0.1) is 0 Å². The summed E-state index contributed by atoms with van der Waals surface area (Å²) >= 11 is 0.992. The molecule has 2 N–H and O–H groups in total. The molecule has 0 atom stereocenters. The van der Waals surface area contributed by atoms with E-state index in [0.29, 0.717) is 43.7 Å². The zero-order valence-corrected chi connectivity index (χ0v) is 17.2. The summed E-state index contributed by atoms with van der Waals surface area (Å²) in [5.41, 5.74) is -0.0589. The van der Waals surface area contributed by atoms with Gasteiger partial charge in [0.15, 0.2) is 11.7 Å². The first-order chi connectivity index (χ1) is 13.9. The third-order valence-corrected chi connectivity index (χ3v) is 4.55. The molecule has 0 unspecified atom stereocenters. The van der Waals surface area contributed by atoms with Gasteiger partial charge in [-0.1, -0.05) is 6.07 Å². The van der Waals surface area contributed by atoms with Crippen molar-refractivity contribution in [3.63, 3.8) is 0 Å². The smallest absolute Gasteiger partial charge is 0.434 e. The lowest BCUT2D eigenvalue weighted by atomic mass is 10.3. The third-order valence-electron chi connectivity index (χ3n) is 3.64. The van der Waals surface area contributed by atoms with Gasteiger partial charge in [0.2, 0.25) is 0 Å². The van der Waals surface area contributed by atoms with Crippen LogP contribution in [0.2, 0.25) is 0 Å². The van der Waals surface area contributed by atoms with Crippen molar-refractivity contribution in [2.24, 2.45) is 4.99 Å². The van der Waals surface area contributed by atoms with Crippen molar-refractivity contribution >= 4 is 23.0 Å². The van der Waals surface area contributed by atoms with Crippen molar-refractivity contribution in [3.8, 4) is 5.75 Å². The standard InChI is InChI=1S/C19H25F3N4O2S/c1-3-23-18(24-9-8-17-26-16(13-29-17)19(20,21)22)25-14-6-4-7-15(12-14)28-11-5-10-27-2/h4,6-7,12-13H,3,5,8-11H2,1-2H3,(H2,23,24,25). The fourth-order valence-corrected chi connectivity index (χ4v) is 3.11. The van der Waals surface area contributed by atoms with Crippen molar-refractivity contribution in [1.82, 2.24) is 10.3 Å². The van der Waals surface area contributed by atoms with E-state index in [-0.39, 0.29) is 0 Å². The Morgan fingerprint density at radius 1 is 1.28 bits per heavy atom. The number of halogens is 3. The predicted molar refractivity (Wildman–Crippen MR) is 109 cm³/mol. The van der Waals surface area contributed by atoms with Gasteiger partial charge in [-0.05, 0) is 19.1 Å². The molecule has 160 valence electrons. The van der Waals surface area contributed by atoms with Gasteiger partial charge in [-0.15, -0.1) is 11.3 Å². The van der Waals surface area contributed by atoms with Crippen LogP contribution < -0.4 is 15.4 Å². The van der Waals surface area contributed by atoms with Crippen LogP contribution in [0.25, 0.3) is 0 Å². The molecular weight excluding hydrogens is 405 g/mol. The zero-order valence-electron chi connectivity index (χ0n) is 16.4. The van der Waals surface area contributed by atoms with Crippen LogP contribution in [0.4, 0.5) is 18.9 Å². The van der Waals surface area contributed by atoms with E-state index in [1.54, 1.807) is 7.11 Å². The minimum atomic E-state index is -4.41.